The van der Waals surface area contributed by atoms with Crippen LogP contribution in [0.1, 0.15) is 6.42 Å². The fraction of sp³-hybridized carbons (Fsp3) is 0.385. The SMILES string of the molecule is O=C(O)CC1CS(=O)(=O)CCN1C(=O)Oc1ccccc1. The van der Waals surface area contributed by atoms with Crippen molar-refractivity contribution in [2.45, 2.75) is 12.5 Å². The van der Waals surface area contributed by atoms with Crippen LogP contribution in [0.5, 0.6) is 5.75 Å². The van der Waals surface area contributed by atoms with Gasteiger partial charge >= 0.3 is 12.1 Å². The molecule has 1 saturated heterocycles. The summed E-state index contributed by atoms with van der Waals surface area (Å²) in [6.07, 6.45) is -1.16. The molecule has 2 rings (SSSR count). The molecule has 7 nitrogen and oxygen atoms in total. The molecule has 1 N–H and O–H groups in total. The Kier molecular flexibility index (Phi) is 4.46. The van der Waals surface area contributed by atoms with Crippen LogP contribution in [-0.2, 0) is 14.6 Å². The lowest BCUT2D eigenvalue weighted by molar-refractivity contribution is -0.138. The van der Waals surface area contributed by atoms with Gasteiger partial charge < -0.3 is 14.7 Å². The molecule has 114 valence electrons. The van der Waals surface area contributed by atoms with Gasteiger partial charge in [0.05, 0.1) is 24.0 Å². The van der Waals surface area contributed by atoms with Crippen molar-refractivity contribution < 1.29 is 27.9 Å². The molecule has 0 saturated carbocycles. The van der Waals surface area contributed by atoms with E-state index >= 15 is 0 Å². The second-order valence-electron chi connectivity index (χ2n) is 4.74. The second-order valence-corrected chi connectivity index (χ2v) is 6.97. The number of amides is 1. The Morgan fingerprint density at radius 1 is 1.29 bits per heavy atom. The average molecular weight is 313 g/mol. The van der Waals surface area contributed by atoms with E-state index < -0.39 is 34.4 Å². The maximum atomic E-state index is 12.1. The topological polar surface area (TPSA) is 101 Å². The molecule has 1 aromatic carbocycles. The third kappa shape index (κ3) is 4.19. The van der Waals surface area contributed by atoms with Crippen molar-refractivity contribution in [1.29, 1.82) is 0 Å². The van der Waals surface area contributed by atoms with Crippen LogP contribution in [0, 0.1) is 0 Å². The van der Waals surface area contributed by atoms with Crippen molar-refractivity contribution in [2.24, 2.45) is 0 Å². The molecule has 0 bridgehead atoms. The molecule has 1 aromatic rings. The van der Waals surface area contributed by atoms with E-state index in [1.807, 2.05) is 0 Å². The van der Waals surface area contributed by atoms with E-state index in [-0.39, 0.29) is 18.1 Å². The van der Waals surface area contributed by atoms with E-state index in [0.717, 1.165) is 0 Å². The second kappa shape index (κ2) is 6.13. The molecule has 8 heteroatoms. The summed E-state index contributed by atoms with van der Waals surface area (Å²) < 4.78 is 28.3. The molecule has 1 unspecified atom stereocenters. The predicted molar refractivity (Wildman–Crippen MR) is 73.9 cm³/mol. The first-order chi connectivity index (χ1) is 9.87. The summed E-state index contributed by atoms with van der Waals surface area (Å²) >= 11 is 0. The number of carboxylic acids is 1. The number of carbonyl (C=O) groups is 2. The Labute approximate surface area is 122 Å². The van der Waals surface area contributed by atoms with Gasteiger partial charge in [0.2, 0.25) is 0 Å². The number of sulfone groups is 1. The summed E-state index contributed by atoms with van der Waals surface area (Å²) in [6, 6.07) is 7.42. The first kappa shape index (κ1) is 15.3. The van der Waals surface area contributed by atoms with E-state index in [1.54, 1.807) is 30.3 Å². The van der Waals surface area contributed by atoms with Crippen LogP contribution in [0.25, 0.3) is 0 Å². The number of hydrogen-bond acceptors (Lipinski definition) is 5. The number of para-hydroxylation sites is 1. The van der Waals surface area contributed by atoms with Gasteiger partial charge in [0, 0.05) is 6.54 Å². The Morgan fingerprint density at radius 2 is 1.95 bits per heavy atom. The van der Waals surface area contributed by atoms with Gasteiger partial charge in [-0.25, -0.2) is 13.2 Å². The van der Waals surface area contributed by atoms with E-state index in [4.69, 9.17) is 9.84 Å². The first-order valence-electron chi connectivity index (χ1n) is 6.33. The van der Waals surface area contributed by atoms with Gasteiger partial charge in [-0.3, -0.25) is 4.79 Å². The molecular formula is C13H15NO6S. The zero-order valence-electron chi connectivity index (χ0n) is 11.1. The lowest BCUT2D eigenvalue weighted by Gasteiger charge is -2.33. The summed E-state index contributed by atoms with van der Waals surface area (Å²) in [4.78, 5) is 24.1. The van der Waals surface area contributed by atoms with E-state index in [1.165, 1.54) is 4.90 Å². The smallest absolute Gasteiger partial charge is 0.415 e. The number of carbonyl (C=O) groups excluding carboxylic acids is 1. The molecule has 0 aromatic heterocycles. The number of benzene rings is 1. The number of nitrogens with zero attached hydrogens (tertiary/aromatic N) is 1. The van der Waals surface area contributed by atoms with Crippen LogP contribution < -0.4 is 4.74 Å². The quantitative estimate of drug-likeness (QED) is 0.884. The third-order valence-electron chi connectivity index (χ3n) is 3.12. The van der Waals surface area contributed by atoms with E-state index in [2.05, 4.69) is 0 Å². The summed E-state index contributed by atoms with van der Waals surface area (Å²) in [5.74, 6) is -1.38. The highest BCUT2D eigenvalue weighted by Gasteiger charge is 2.36. The maximum Gasteiger partial charge on any atom is 0.415 e. The summed E-state index contributed by atoms with van der Waals surface area (Å²) in [6.45, 7) is -0.0635. The van der Waals surface area contributed by atoms with Gasteiger partial charge in [0.15, 0.2) is 9.84 Å². The molecule has 0 aliphatic carbocycles. The van der Waals surface area contributed by atoms with Crippen molar-refractivity contribution >= 4 is 21.9 Å². The van der Waals surface area contributed by atoms with Gasteiger partial charge in [-0.2, -0.15) is 0 Å². The van der Waals surface area contributed by atoms with Gasteiger partial charge in [-0.1, -0.05) is 18.2 Å². The van der Waals surface area contributed by atoms with Gasteiger partial charge in [0.25, 0.3) is 0 Å². The molecule has 0 spiro atoms. The largest absolute Gasteiger partial charge is 0.481 e. The van der Waals surface area contributed by atoms with Crippen molar-refractivity contribution in [3.05, 3.63) is 30.3 Å². The van der Waals surface area contributed by atoms with Crippen LogP contribution in [-0.4, -0.2) is 54.6 Å². The minimum Gasteiger partial charge on any atom is -0.481 e. The molecule has 1 aliphatic heterocycles. The summed E-state index contributed by atoms with van der Waals surface area (Å²) in [5, 5.41) is 8.85. The van der Waals surface area contributed by atoms with E-state index in [0.29, 0.717) is 5.75 Å². The van der Waals surface area contributed by atoms with Crippen LogP contribution in [0.2, 0.25) is 0 Å². The van der Waals surface area contributed by atoms with Crippen molar-refractivity contribution in [1.82, 2.24) is 4.90 Å². The summed E-state index contributed by atoms with van der Waals surface area (Å²) in [7, 11) is -3.33. The molecule has 1 aliphatic rings. The lowest BCUT2D eigenvalue weighted by atomic mass is 10.2. The highest BCUT2D eigenvalue weighted by Crippen LogP contribution is 2.18. The maximum absolute atomic E-state index is 12.1. The fourth-order valence-electron chi connectivity index (χ4n) is 2.15. The number of aliphatic carboxylic acids is 1. The lowest BCUT2D eigenvalue weighted by Crippen LogP contribution is -2.52. The molecule has 1 amide bonds. The first-order valence-corrected chi connectivity index (χ1v) is 8.15. The Bertz CT molecular complexity index is 627. The molecule has 1 fully saturated rings. The van der Waals surface area contributed by atoms with Crippen LogP contribution in [0.3, 0.4) is 0 Å². The van der Waals surface area contributed by atoms with Gasteiger partial charge in [-0.15, -0.1) is 0 Å². The van der Waals surface area contributed by atoms with Crippen LogP contribution in [0.4, 0.5) is 4.79 Å². The monoisotopic (exact) mass is 313 g/mol. The third-order valence-corrected chi connectivity index (χ3v) is 4.82. The normalized spacial score (nSPS) is 20.8. The Hall–Kier alpha value is -2.09. The molecule has 1 atom stereocenters. The van der Waals surface area contributed by atoms with Crippen molar-refractivity contribution in [3.63, 3.8) is 0 Å². The number of ether oxygens (including phenoxy) is 1. The predicted octanol–water partition coefficient (Wildman–Crippen LogP) is 0.759. The molecule has 1 heterocycles. The Morgan fingerprint density at radius 3 is 2.57 bits per heavy atom. The number of hydrogen-bond donors (Lipinski definition) is 1. The molecule has 0 radical (unpaired) electrons. The van der Waals surface area contributed by atoms with Crippen LogP contribution >= 0.6 is 0 Å². The molecule has 21 heavy (non-hydrogen) atoms. The summed E-state index contributed by atoms with van der Waals surface area (Å²) in [5.41, 5.74) is 0. The minimum absolute atomic E-state index is 0.0635. The van der Waals surface area contributed by atoms with Crippen molar-refractivity contribution in [2.75, 3.05) is 18.1 Å². The molecular weight excluding hydrogens is 298 g/mol. The zero-order valence-corrected chi connectivity index (χ0v) is 12.0. The highest BCUT2D eigenvalue weighted by molar-refractivity contribution is 7.91. The Balaban J connectivity index is 2.11. The minimum atomic E-state index is -3.33. The number of carboxylic acid groups (broad SMARTS) is 1. The number of rotatable bonds is 3. The highest BCUT2D eigenvalue weighted by atomic mass is 32.2. The van der Waals surface area contributed by atoms with Gasteiger partial charge in [-0.05, 0) is 12.1 Å². The van der Waals surface area contributed by atoms with Gasteiger partial charge in [0.1, 0.15) is 5.75 Å². The average Bonchev–Trinajstić information content (AvgIpc) is 2.38. The van der Waals surface area contributed by atoms with Crippen molar-refractivity contribution in [3.8, 4) is 5.75 Å². The zero-order chi connectivity index (χ0) is 15.5. The standard InChI is InChI=1S/C13H15NO6S/c15-12(16)8-10-9-21(18,19)7-6-14(10)13(17)20-11-4-2-1-3-5-11/h1-5,10H,6-9H2,(H,15,16). The fourth-order valence-corrected chi connectivity index (χ4v) is 3.67. The van der Waals surface area contributed by atoms with E-state index in [9.17, 15) is 18.0 Å². The van der Waals surface area contributed by atoms with Crippen LogP contribution in [0.15, 0.2) is 30.3 Å².